The second-order valence-electron chi connectivity index (χ2n) is 4.94. The van der Waals surface area contributed by atoms with Crippen molar-refractivity contribution in [1.82, 2.24) is 0 Å². The molecule has 0 amide bonds. The van der Waals surface area contributed by atoms with Gasteiger partial charge in [0.1, 0.15) is 5.75 Å². The Morgan fingerprint density at radius 3 is 2.63 bits per heavy atom. The van der Waals surface area contributed by atoms with E-state index in [-0.39, 0.29) is 5.60 Å². The molecule has 0 aliphatic carbocycles. The average Bonchev–Trinajstić information content (AvgIpc) is 2.43. The zero-order valence-corrected chi connectivity index (χ0v) is 12.2. The molecule has 1 rings (SSSR count). The van der Waals surface area contributed by atoms with Gasteiger partial charge in [-0.15, -0.1) is 0 Å². The molecule has 0 saturated carbocycles. The lowest BCUT2D eigenvalue weighted by atomic mass is 10.1. The summed E-state index contributed by atoms with van der Waals surface area (Å²) in [5.74, 6) is 6.63. The highest BCUT2D eigenvalue weighted by atomic mass is 16.5. The molecular formula is C16H23NO2. The first-order chi connectivity index (χ1) is 9.02. The Balaban J connectivity index is 2.86. The van der Waals surface area contributed by atoms with Gasteiger partial charge >= 0.3 is 0 Å². The zero-order chi connectivity index (χ0) is 14.3. The lowest BCUT2D eigenvalue weighted by Crippen LogP contribution is -2.22. The highest BCUT2D eigenvalue weighted by Crippen LogP contribution is 2.21. The van der Waals surface area contributed by atoms with Crippen molar-refractivity contribution in [3.05, 3.63) is 29.3 Å². The van der Waals surface area contributed by atoms with Crippen molar-refractivity contribution in [3.8, 4) is 17.6 Å². The molecule has 1 aromatic rings. The lowest BCUT2D eigenvalue weighted by Gasteiger charge is -2.23. The number of benzene rings is 1. The van der Waals surface area contributed by atoms with E-state index in [0.717, 1.165) is 23.3 Å². The van der Waals surface area contributed by atoms with E-state index in [9.17, 15) is 0 Å². The molecular weight excluding hydrogens is 238 g/mol. The minimum Gasteiger partial charge on any atom is -0.495 e. The summed E-state index contributed by atoms with van der Waals surface area (Å²) < 4.78 is 11.2. The summed E-state index contributed by atoms with van der Waals surface area (Å²) in [5, 5.41) is 0. The Morgan fingerprint density at radius 1 is 1.32 bits per heavy atom. The van der Waals surface area contributed by atoms with Crippen LogP contribution in [-0.4, -0.2) is 19.3 Å². The van der Waals surface area contributed by atoms with Crippen molar-refractivity contribution in [2.75, 3.05) is 13.7 Å². The van der Waals surface area contributed by atoms with Crippen LogP contribution < -0.4 is 10.5 Å². The van der Waals surface area contributed by atoms with Crippen molar-refractivity contribution in [2.45, 2.75) is 39.4 Å². The van der Waals surface area contributed by atoms with Crippen LogP contribution in [0.1, 0.15) is 38.3 Å². The highest BCUT2D eigenvalue weighted by Gasteiger charge is 2.15. The normalized spacial score (nSPS) is 10.8. The second kappa shape index (κ2) is 7.18. The van der Waals surface area contributed by atoms with Crippen LogP contribution in [0.3, 0.4) is 0 Å². The van der Waals surface area contributed by atoms with E-state index in [1.54, 1.807) is 7.11 Å². The Morgan fingerprint density at radius 2 is 2.05 bits per heavy atom. The number of methoxy groups -OCH3 is 1. The summed E-state index contributed by atoms with van der Waals surface area (Å²) in [6, 6.07) is 5.91. The van der Waals surface area contributed by atoms with Gasteiger partial charge < -0.3 is 15.2 Å². The van der Waals surface area contributed by atoms with E-state index in [1.165, 1.54) is 0 Å². The molecule has 0 unspecified atom stereocenters. The fourth-order valence-corrected chi connectivity index (χ4v) is 1.47. The van der Waals surface area contributed by atoms with Crippen LogP contribution >= 0.6 is 0 Å². The third kappa shape index (κ3) is 4.94. The fraction of sp³-hybridized carbons (Fsp3) is 0.500. The summed E-state index contributed by atoms with van der Waals surface area (Å²) in [6.45, 7) is 7.21. The van der Waals surface area contributed by atoms with Gasteiger partial charge in [0.15, 0.2) is 0 Å². The molecule has 0 spiro atoms. The Bertz CT molecular complexity index is 469. The highest BCUT2D eigenvalue weighted by molar-refractivity contribution is 5.48. The largest absolute Gasteiger partial charge is 0.495 e. The quantitative estimate of drug-likeness (QED) is 0.829. The zero-order valence-electron chi connectivity index (χ0n) is 12.2. The van der Waals surface area contributed by atoms with Gasteiger partial charge in [-0.3, -0.25) is 0 Å². The first-order valence-corrected chi connectivity index (χ1v) is 6.52. The van der Waals surface area contributed by atoms with Gasteiger partial charge in [0.2, 0.25) is 0 Å². The smallest absolute Gasteiger partial charge is 0.134 e. The van der Waals surface area contributed by atoms with Gasteiger partial charge in [-0.1, -0.05) is 24.8 Å². The van der Waals surface area contributed by atoms with Crippen molar-refractivity contribution < 1.29 is 9.47 Å². The first kappa shape index (κ1) is 15.6. The monoisotopic (exact) mass is 261 g/mol. The van der Waals surface area contributed by atoms with E-state index in [2.05, 4.69) is 32.6 Å². The summed E-state index contributed by atoms with van der Waals surface area (Å²) >= 11 is 0. The lowest BCUT2D eigenvalue weighted by molar-refractivity contribution is -0.0316. The van der Waals surface area contributed by atoms with Gasteiger partial charge in [-0.05, 0) is 38.0 Å². The number of rotatable bonds is 5. The molecule has 0 aromatic heterocycles. The molecule has 0 saturated heterocycles. The van der Waals surface area contributed by atoms with Crippen LogP contribution in [0.2, 0.25) is 0 Å². The molecule has 1 aromatic carbocycles. The van der Waals surface area contributed by atoms with Crippen LogP contribution in [0.15, 0.2) is 18.2 Å². The maximum Gasteiger partial charge on any atom is 0.134 e. The number of hydrogen-bond acceptors (Lipinski definition) is 3. The van der Waals surface area contributed by atoms with E-state index in [1.807, 2.05) is 18.2 Å². The second-order valence-corrected chi connectivity index (χ2v) is 4.94. The summed E-state index contributed by atoms with van der Waals surface area (Å²) in [6.07, 6.45) is 0.975. The van der Waals surface area contributed by atoms with Gasteiger partial charge in [-0.2, -0.15) is 0 Å². The maximum atomic E-state index is 5.88. The molecule has 104 valence electrons. The molecule has 0 aliphatic heterocycles. The van der Waals surface area contributed by atoms with Gasteiger partial charge in [-0.25, -0.2) is 0 Å². The topological polar surface area (TPSA) is 44.5 Å². The molecule has 2 N–H and O–H groups in total. The van der Waals surface area contributed by atoms with Crippen molar-refractivity contribution >= 4 is 0 Å². The van der Waals surface area contributed by atoms with E-state index < -0.39 is 0 Å². The SMILES string of the molecule is CCC(C)(C)OCc1ccc(OC)c(C#CCN)c1. The Kier molecular flexibility index (Phi) is 5.88. The summed E-state index contributed by atoms with van der Waals surface area (Å²) in [4.78, 5) is 0. The Hall–Kier alpha value is -1.50. The first-order valence-electron chi connectivity index (χ1n) is 6.52. The third-order valence-corrected chi connectivity index (χ3v) is 3.07. The molecule has 0 atom stereocenters. The van der Waals surface area contributed by atoms with Crippen LogP contribution in [0.5, 0.6) is 5.75 Å². The molecule has 0 radical (unpaired) electrons. The van der Waals surface area contributed by atoms with Crippen molar-refractivity contribution in [3.63, 3.8) is 0 Å². The number of ether oxygens (including phenoxy) is 2. The minimum absolute atomic E-state index is 0.108. The molecule has 3 nitrogen and oxygen atoms in total. The molecule has 19 heavy (non-hydrogen) atoms. The van der Waals surface area contributed by atoms with Crippen LogP contribution in [0.4, 0.5) is 0 Å². The Labute approximate surface area is 116 Å². The summed E-state index contributed by atoms with van der Waals surface area (Å²) in [7, 11) is 1.64. The molecule has 3 heteroatoms. The standard InChI is InChI=1S/C16H23NO2/c1-5-16(2,3)19-12-13-8-9-15(18-4)14(11-13)7-6-10-17/h8-9,11H,5,10,12,17H2,1-4H3. The maximum absolute atomic E-state index is 5.88. The van der Waals surface area contributed by atoms with Gasteiger partial charge in [0.05, 0.1) is 31.4 Å². The predicted octanol–water partition coefficient (Wildman–Crippen LogP) is 2.71. The van der Waals surface area contributed by atoms with E-state index in [0.29, 0.717) is 13.2 Å². The third-order valence-electron chi connectivity index (χ3n) is 3.07. The minimum atomic E-state index is -0.108. The van der Waals surface area contributed by atoms with Crippen molar-refractivity contribution in [2.24, 2.45) is 5.73 Å². The fourth-order valence-electron chi connectivity index (χ4n) is 1.47. The predicted molar refractivity (Wildman–Crippen MR) is 78.1 cm³/mol. The average molecular weight is 261 g/mol. The van der Waals surface area contributed by atoms with E-state index >= 15 is 0 Å². The van der Waals surface area contributed by atoms with Gasteiger partial charge in [0.25, 0.3) is 0 Å². The molecule has 0 bridgehead atoms. The number of nitrogens with two attached hydrogens (primary N) is 1. The number of hydrogen-bond donors (Lipinski definition) is 1. The van der Waals surface area contributed by atoms with Crippen LogP contribution in [0, 0.1) is 11.8 Å². The van der Waals surface area contributed by atoms with Crippen LogP contribution in [0.25, 0.3) is 0 Å². The summed E-state index contributed by atoms with van der Waals surface area (Å²) in [5.41, 5.74) is 7.23. The molecule has 0 aliphatic rings. The van der Waals surface area contributed by atoms with Crippen LogP contribution in [-0.2, 0) is 11.3 Å². The molecule has 0 heterocycles. The molecule has 0 fully saturated rings. The van der Waals surface area contributed by atoms with E-state index in [4.69, 9.17) is 15.2 Å². The van der Waals surface area contributed by atoms with Crippen molar-refractivity contribution in [1.29, 1.82) is 0 Å². The van der Waals surface area contributed by atoms with Gasteiger partial charge in [0, 0.05) is 0 Å².